The Labute approximate surface area is 104 Å². The van der Waals surface area contributed by atoms with Crippen LogP contribution in [0.3, 0.4) is 0 Å². The largest absolute Gasteiger partial charge is 0.389 e. The molecule has 2 nitrogen and oxygen atoms in total. The molecule has 0 amide bonds. The van der Waals surface area contributed by atoms with E-state index in [1.54, 1.807) is 0 Å². The quantitative estimate of drug-likeness (QED) is 0.869. The highest BCUT2D eigenvalue weighted by molar-refractivity contribution is 5.28. The molecule has 2 unspecified atom stereocenters. The summed E-state index contributed by atoms with van der Waals surface area (Å²) in [5, 5.41) is 10.9. The molecule has 2 atom stereocenters. The Morgan fingerprint density at radius 2 is 2.29 bits per heavy atom. The van der Waals surface area contributed by atoms with Crippen molar-refractivity contribution in [2.75, 3.05) is 0 Å². The highest BCUT2D eigenvalue weighted by atomic mass is 16.3. The molecule has 1 aliphatic carbocycles. The standard InChI is InChI=1S/C15H23NO/c1-4-15(17,11(2)3)13-9-5-7-12-8-6-10-16-14(12)13/h6,8,10-11,13,17H,4-5,7,9H2,1-3H3. The zero-order chi connectivity index (χ0) is 12.5. The van der Waals surface area contributed by atoms with Gasteiger partial charge in [-0.25, -0.2) is 0 Å². The third kappa shape index (κ3) is 2.11. The van der Waals surface area contributed by atoms with E-state index in [0.29, 0.717) is 0 Å². The van der Waals surface area contributed by atoms with Crippen molar-refractivity contribution < 1.29 is 5.11 Å². The van der Waals surface area contributed by atoms with E-state index in [2.05, 4.69) is 31.8 Å². The van der Waals surface area contributed by atoms with Crippen molar-refractivity contribution >= 4 is 0 Å². The smallest absolute Gasteiger partial charge is 0.0751 e. The monoisotopic (exact) mass is 233 g/mol. The van der Waals surface area contributed by atoms with E-state index in [1.807, 2.05) is 12.3 Å². The molecule has 1 aliphatic rings. The molecule has 94 valence electrons. The van der Waals surface area contributed by atoms with Crippen LogP contribution in [0.2, 0.25) is 0 Å². The van der Waals surface area contributed by atoms with Crippen molar-refractivity contribution in [3.05, 3.63) is 29.6 Å². The fourth-order valence-corrected chi connectivity index (χ4v) is 3.15. The van der Waals surface area contributed by atoms with E-state index >= 15 is 0 Å². The summed E-state index contributed by atoms with van der Waals surface area (Å²) in [6, 6.07) is 4.16. The number of hydrogen-bond donors (Lipinski definition) is 1. The molecule has 0 radical (unpaired) electrons. The number of pyridine rings is 1. The van der Waals surface area contributed by atoms with Gasteiger partial charge < -0.3 is 5.11 Å². The molecule has 1 N–H and O–H groups in total. The molecule has 2 rings (SSSR count). The van der Waals surface area contributed by atoms with Crippen molar-refractivity contribution in [3.63, 3.8) is 0 Å². The van der Waals surface area contributed by atoms with Gasteiger partial charge in [0.05, 0.1) is 5.60 Å². The van der Waals surface area contributed by atoms with Crippen LogP contribution in [-0.2, 0) is 6.42 Å². The van der Waals surface area contributed by atoms with Gasteiger partial charge in [-0.3, -0.25) is 4.98 Å². The molecule has 1 aromatic rings. The van der Waals surface area contributed by atoms with Gasteiger partial charge in [0.25, 0.3) is 0 Å². The van der Waals surface area contributed by atoms with Gasteiger partial charge in [-0.05, 0) is 43.2 Å². The number of aromatic nitrogens is 1. The van der Waals surface area contributed by atoms with Crippen molar-refractivity contribution in [3.8, 4) is 0 Å². The Morgan fingerprint density at radius 3 is 2.94 bits per heavy atom. The minimum absolute atomic E-state index is 0.206. The Morgan fingerprint density at radius 1 is 1.53 bits per heavy atom. The maximum Gasteiger partial charge on any atom is 0.0751 e. The number of hydrogen-bond acceptors (Lipinski definition) is 2. The highest BCUT2D eigenvalue weighted by Gasteiger charge is 2.41. The summed E-state index contributed by atoms with van der Waals surface area (Å²) >= 11 is 0. The molecule has 1 aromatic heterocycles. The zero-order valence-corrected chi connectivity index (χ0v) is 11.1. The molecular weight excluding hydrogens is 210 g/mol. The second kappa shape index (κ2) is 4.77. The first kappa shape index (κ1) is 12.6. The molecule has 17 heavy (non-hydrogen) atoms. The van der Waals surface area contributed by atoms with Gasteiger partial charge in [0.1, 0.15) is 0 Å². The third-order valence-corrected chi connectivity index (χ3v) is 4.36. The number of rotatable bonds is 3. The van der Waals surface area contributed by atoms with Crippen LogP contribution in [0.5, 0.6) is 0 Å². The van der Waals surface area contributed by atoms with Gasteiger partial charge in [-0.2, -0.15) is 0 Å². The van der Waals surface area contributed by atoms with E-state index in [9.17, 15) is 5.11 Å². The second-order valence-corrected chi connectivity index (χ2v) is 5.49. The second-order valence-electron chi connectivity index (χ2n) is 5.49. The fraction of sp³-hybridized carbons (Fsp3) is 0.667. The predicted octanol–water partition coefficient (Wildman–Crippen LogP) is 3.30. The fourth-order valence-electron chi connectivity index (χ4n) is 3.15. The number of fused-ring (bicyclic) bond motifs is 1. The van der Waals surface area contributed by atoms with E-state index < -0.39 is 5.60 Å². The van der Waals surface area contributed by atoms with Crippen LogP contribution in [0, 0.1) is 5.92 Å². The average molecular weight is 233 g/mol. The first-order valence-electron chi connectivity index (χ1n) is 6.75. The molecule has 0 aliphatic heterocycles. The van der Waals surface area contributed by atoms with Crippen LogP contribution in [0.25, 0.3) is 0 Å². The lowest BCUT2D eigenvalue weighted by atomic mass is 9.69. The Kier molecular flexibility index (Phi) is 3.53. The number of nitrogens with zero attached hydrogens (tertiary/aromatic N) is 1. The summed E-state index contributed by atoms with van der Waals surface area (Å²) in [4.78, 5) is 4.54. The molecule has 0 fully saturated rings. The molecule has 0 saturated heterocycles. The van der Waals surface area contributed by atoms with Crippen molar-refractivity contribution in [1.82, 2.24) is 4.98 Å². The van der Waals surface area contributed by atoms with Gasteiger partial charge in [-0.15, -0.1) is 0 Å². The van der Waals surface area contributed by atoms with Crippen molar-refractivity contribution in [2.45, 2.75) is 58.0 Å². The minimum atomic E-state index is -0.608. The van der Waals surface area contributed by atoms with Crippen LogP contribution in [0.15, 0.2) is 18.3 Å². The zero-order valence-electron chi connectivity index (χ0n) is 11.1. The normalized spacial score (nSPS) is 23.2. The van der Waals surface area contributed by atoms with Gasteiger partial charge in [0, 0.05) is 17.8 Å². The minimum Gasteiger partial charge on any atom is -0.389 e. The topological polar surface area (TPSA) is 33.1 Å². The molecule has 1 heterocycles. The average Bonchev–Trinajstić information content (AvgIpc) is 2.37. The maximum atomic E-state index is 10.9. The summed E-state index contributed by atoms with van der Waals surface area (Å²) in [7, 11) is 0. The summed E-state index contributed by atoms with van der Waals surface area (Å²) in [6.45, 7) is 6.30. The van der Waals surface area contributed by atoms with E-state index in [4.69, 9.17) is 0 Å². The lowest BCUT2D eigenvalue weighted by Gasteiger charge is -2.41. The summed E-state index contributed by atoms with van der Waals surface area (Å²) in [6.07, 6.45) is 5.99. The van der Waals surface area contributed by atoms with Crippen molar-refractivity contribution in [2.24, 2.45) is 5.92 Å². The Hall–Kier alpha value is -0.890. The lowest BCUT2D eigenvalue weighted by Crippen LogP contribution is -2.42. The summed E-state index contributed by atoms with van der Waals surface area (Å²) < 4.78 is 0. The van der Waals surface area contributed by atoms with Gasteiger partial charge >= 0.3 is 0 Å². The van der Waals surface area contributed by atoms with E-state index in [1.165, 1.54) is 12.0 Å². The molecule has 0 bridgehead atoms. The molecule has 0 saturated carbocycles. The van der Waals surface area contributed by atoms with Crippen molar-refractivity contribution in [1.29, 1.82) is 0 Å². The maximum absolute atomic E-state index is 10.9. The SMILES string of the molecule is CCC(O)(C(C)C)C1CCCc2cccnc21. The van der Waals surface area contributed by atoms with Gasteiger partial charge in [0.15, 0.2) is 0 Å². The molecule has 0 spiro atoms. The van der Waals surface area contributed by atoms with Crippen LogP contribution in [0.4, 0.5) is 0 Å². The van der Waals surface area contributed by atoms with Crippen LogP contribution < -0.4 is 0 Å². The summed E-state index contributed by atoms with van der Waals surface area (Å²) in [5.74, 6) is 0.475. The van der Waals surface area contributed by atoms with Crippen LogP contribution in [0.1, 0.15) is 57.2 Å². The molecular formula is C15H23NO. The Balaban J connectivity index is 2.41. The Bertz CT molecular complexity index is 388. The van der Waals surface area contributed by atoms with Crippen LogP contribution in [-0.4, -0.2) is 15.7 Å². The predicted molar refractivity (Wildman–Crippen MR) is 70.0 cm³/mol. The number of aryl methyl sites for hydroxylation is 1. The van der Waals surface area contributed by atoms with Gasteiger partial charge in [-0.1, -0.05) is 26.8 Å². The van der Waals surface area contributed by atoms with E-state index in [0.717, 1.165) is 25.0 Å². The van der Waals surface area contributed by atoms with Gasteiger partial charge in [0.2, 0.25) is 0 Å². The first-order chi connectivity index (χ1) is 8.09. The molecule has 2 heteroatoms. The van der Waals surface area contributed by atoms with E-state index in [-0.39, 0.29) is 11.8 Å². The highest BCUT2D eigenvalue weighted by Crippen LogP contribution is 2.43. The lowest BCUT2D eigenvalue weighted by molar-refractivity contribution is -0.0402. The summed E-state index contributed by atoms with van der Waals surface area (Å²) in [5.41, 5.74) is 1.86. The van der Waals surface area contributed by atoms with Crippen LogP contribution >= 0.6 is 0 Å². The number of aliphatic hydroxyl groups is 1. The molecule has 0 aromatic carbocycles. The first-order valence-corrected chi connectivity index (χ1v) is 6.75. The third-order valence-electron chi connectivity index (χ3n) is 4.36.